The molecule has 1 heterocycles. The first-order valence-corrected chi connectivity index (χ1v) is 9.41. The summed E-state index contributed by atoms with van der Waals surface area (Å²) in [5, 5.41) is 3.36. The summed E-state index contributed by atoms with van der Waals surface area (Å²) in [6.07, 6.45) is 0. The predicted octanol–water partition coefficient (Wildman–Crippen LogP) is 5.88. The monoisotopic (exact) mass is 468 g/mol. The number of hydrogen-bond donors (Lipinski definition) is 2. The Kier molecular flexibility index (Phi) is 5.21. The number of benzene rings is 2. The number of rotatable bonds is 3. The zero-order valence-electron chi connectivity index (χ0n) is 11.6. The van der Waals surface area contributed by atoms with E-state index in [4.69, 9.17) is 0 Å². The highest BCUT2D eigenvalue weighted by atomic mass is 79.9. The third kappa shape index (κ3) is 3.85. The summed E-state index contributed by atoms with van der Waals surface area (Å²) in [6.45, 7) is 0. The van der Waals surface area contributed by atoms with E-state index in [2.05, 4.69) is 54.8 Å². The number of nitrogens with one attached hydrogen (secondary N) is 1. The van der Waals surface area contributed by atoms with Crippen molar-refractivity contribution in [3.05, 3.63) is 62.4 Å². The SMILES string of the molecule is O=C(Nc1nc(-c2ccccc2)c(Br)s1)c1cc(Br)ccc1S. The van der Waals surface area contributed by atoms with Crippen LogP contribution in [0.4, 0.5) is 5.13 Å². The maximum atomic E-state index is 12.4. The summed E-state index contributed by atoms with van der Waals surface area (Å²) >= 11 is 12.6. The Morgan fingerprint density at radius 3 is 2.61 bits per heavy atom. The summed E-state index contributed by atoms with van der Waals surface area (Å²) < 4.78 is 1.70. The second kappa shape index (κ2) is 7.17. The molecule has 3 aromatic rings. The maximum Gasteiger partial charge on any atom is 0.258 e. The van der Waals surface area contributed by atoms with Gasteiger partial charge in [0.25, 0.3) is 5.91 Å². The largest absolute Gasteiger partial charge is 0.298 e. The van der Waals surface area contributed by atoms with E-state index in [1.165, 1.54) is 11.3 Å². The summed E-state index contributed by atoms with van der Waals surface area (Å²) in [4.78, 5) is 17.5. The number of thiol groups is 1. The molecule has 1 N–H and O–H groups in total. The molecule has 0 fully saturated rings. The fraction of sp³-hybridized carbons (Fsp3) is 0. The minimum atomic E-state index is -0.239. The average Bonchev–Trinajstić information content (AvgIpc) is 2.91. The number of carbonyl (C=O) groups is 1. The average molecular weight is 470 g/mol. The second-order valence-electron chi connectivity index (χ2n) is 4.62. The van der Waals surface area contributed by atoms with Crippen LogP contribution in [0.2, 0.25) is 0 Å². The minimum absolute atomic E-state index is 0.239. The summed E-state index contributed by atoms with van der Waals surface area (Å²) in [5.41, 5.74) is 2.30. The molecular weight excluding hydrogens is 460 g/mol. The Bertz CT molecular complexity index is 866. The van der Waals surface area contributed by atoms with Gasteiger partial charge in [-0.25, -0.2) is 4.98 Å². The van der Waals surface area contributed by atoms with Crippen LogP contribution in [0.1, 0.15) is 10.4 Å². The molecule has 116 valence electrons. The molecule has 0 aliphatic rings. The van der Waals surface area contributed by atoms with E-state index in [-0.39, 0.29) is 5.91 Å². The number of thiazole rings is 1. The molecule has 0 aliphatic carbocycles. The summed E-state index contributed by atoms with van der Waals surface area (Å²) in [6, 6.07) is 15.2. The van der Waals surface area contributed by atoms with Crippen molar-refractivity contribution in [3.63, 3.8) is 0 Å². The van der Waals surface area contributed by atoms with Gasteiger partial charge >= 0.3 is 0 Å². The third-order valence-electron chi connectivity index (χ3n) is 3.06. The second-order valence-corrected chi connectivity index (χ2v) is 8.34. The number of hydrogen-bond acceptors (Lipinski definition) is 4. The van der Waals surface area contributed by atoms with E-state index in [0.29, 0.717) is 15.6 Å². The molecule has 1 amide bonds. The lowest BCUT2D eigenvalue weighted by atomic mass is 10.2. The molecule has 0 spiro atoms. The van der Waals surface area contributed by atoms with Crippen molar-refractivity contribution in [1.82, 2.24) is 4.98 Å². The molecule has 3 rings (SSSR count). The molecule has 23 heavy (non-hydrogen) atoms. The summed E-state index contributed by atoms with van der Waals surface area (Å²) in [5.74, 6) is -0.239. The standard InChI is InChI=1S/C16H10Br2N2OS2/c17-10-6-7-12(22)11(8-10)15(21)20-16-19-13(14(18)23-16)9-4-2-1-3-5-9/h1-8,22H,(H,19,20,21). The molecule has 0 atom stereocenters. The van der Waals surface area contributed by atoms with E-state index >= 15 is 0 Å². The van der Waals surface area contributed by atoms with Gasteiger partial charge < -0.3 is 0 Å². The van der Waals surface area contributed by atoms with E-state index in [9.17, 15) is 4.79 Å². The van der Waals surface area contributed by atoms with Crippen molar-refractivity contribution in [2.45, 2.75) is 4.90 Å². The molecule has 0 unspecified atom stereocenters. The number of aromatic nitrogens is 1. The zero-order chi connectivity index (χ0) is 16.4. The van der Waals surface area contributed by atoms with Gasteiger partial charge in [-0.1, -0.05) is 57.6 Å². The van der Waals surface area contributed by atoms with Crippen molar-refractivity contribution >= 4 is 66.9 Å². The molecule has 1 aromatic heterocycles. The first-order valence-electron chi connectivity index (χ1n) is 6.56. The molecular formula is C16H10Br2N2OS2. The Morgan fingerprint density at radius 1 is 1.13 bits per heavy atom. The number of anilines is 1. The van der Waals surface area contributed by atoms with Gasteiger partial charge in [-0.3, -0.25) is 10.1 Å². The molecule has 0 radical (unpaired) electrons. The van der Waals surface area contributed by atoms with Crippen LogP contribution in [-0.2, 0) is 0 Å². The summed E-state index contributed by atoms with van der Waals surface area (Å²) in [7, 11) is 0. The van der Waals surface area contributed by atoms with Crippen molar-refractivity contribution in [2.75, 3.05) is 5.32 Å². The molecule has 3 nitrogen and oxygen atoms in total. The van der Waals surface area contributed by atoms with E-state index in [1.807, 2.05) is 36.4 Å². The highest BCUT2D eigenvalue weighted by Crippen LogP contribution is 2.35. The highest BCUT2D eigenvalue weighted by Gasteiger charge is 2.15. The highest BCUT2D eigenvalue weighted by molar-refractivity contribution is 9.11. The van der Waals surface area contributed by atoms with Gasteiger partial charge in [0.1, 0.15) is 0 Å². The lowest BCUT2D eigenvalue weighted by Gasteiger charge is -2.05. The van der Waals surface area contributed by atoms with E-state index in [0.717, 1.165) is 19.5 Å². The van der Waals surface area contributed by atoms with Crippen LogP contribution >= 0.6 is 55.8 Å². The van der Waals surface area contributed by atoms with Crippen molar-refractivity contribution in [1.29, 1.82) is 0 Å². The van der Waals surface area contributed by atoms with Crippen LogP contribution in [0.25, 0.3) is 11.3 Å². The zero-order valence-corrected chi connectivity index (χ0v) is 16.5. The maximum absolute atomic E-state index is 12.4. The number of carbonyl (C=O) groups excluding carboxylic acids is 1. The van der Waals surface area contributed by atoms with Gasteiger partial charge in [-0.2, -0.15) is 0 Å². The van der Waals surface area contributed by atoms with Gasteiger partial charge in [-0.05, 0) is 34.1 Å². The number of amides is 1. The Morgan fingerprint density at radius 2 is 1.87 bits per heavy atom. The first-order chi connectivity index (χ1) is 11.0. The third-order valence-corrected chi connectivity index (χ3v) is 5.56. The van der Waals surface area contributed by atoms with Crippen LogP contribution in [-0.4, -0.2) is 10.9 Å². The molecule has 0 saturated heterocycles. The Labute approximate surface area is 159 Å². The molecule has 7 heteroatoms. The van der Waals surface area contributed by atoms with Crippen molar-refractivity contribution in [2.24, 2.45) is 0 Å². The fourth-order valence-electron chi connectivity index (χ4n) is 1.98. The molecule has 0 aliphatic heterocycles. The van der Waals surface area contributed by atoms with Crippen LogP contribution in [0, 0.1) is 0 Å². The van der Waals surface area contributed by atoms with Crippen LogP contribution in [0.15, 0.2) is 61.7 Å². The number of nitrogens with zero attached hydrogens (tertiary/aromatic N) is 1. The quantitative estimate of drug-likeness (QED) is 0.470. The van der Waals surface area contributed by atoms with Gasteiger partial charge in [0.2, 0.25) is 0 Å². The first kappa shape index (κ1) is 16.7. The van der Waals surface area contributed by atoms with Gasteiger partial charge in [0.05, 0.1) is 15.0 Å². The van der Waals surface area contributed by atoms with Gasteiger partial charge in [0, 0.05) is 14.9 Å². The van der Waals surface area contributed by atoms with Crippen molar-refractivity contribution in [3.8, 4) is 11.3 Å². The van der Waals surface area contributed by atoms with Crippen molar-refractivity contribution < 1.29 is 4.79 Å². The Balaban J connectivity index is 1.87. The van der Waals surface area contributed by atoms with E-state index in [1.54, 1.807) is 12.1 Å². The van der Waals surface area contributed by atoms with Crippen LogP contribution in [0.3, 0.4) is 0 Å². The topological polar surface area (TPSA) is 42.0 Å². The fourth-order valence-corrected chi connectivity index (χ4v) is 4.07. The normalized spacial score (nSPS) is 10.6. The van der Waals surface area contributed by atoms with Gasteiger partial charge in [-0.15, -0.1) is 12.6 Å². The predicted molar refractivity (Wildman–Crippen MR) is 105 cm³/mol. The smallest absolute Gasteiger partial charge is 0.258 e. The van der Waals surface area contributed by atoms with E-state index < -0.39 is 0 Å². The van der Waals surface area contributed by atoms with Gasteiger partial charge in [0.15, 0.2) is 5.13 Å². The Hall–Kier alpha value is -1.15. The van der Waals surface area contributed by atoms with Crippen LogP contribution in [0.5, 0.6) is 0 Å². The number of halogens is 2. The van der Waals surface area contributed by atoms with Crippen LogP contribution < -0.4 is 5.32 Å². The molecule has 0 saturated carbocycles. The minimum Gasteiger partial charge on any atom is -0.298 e. The molecule has 0 bridgehead atoms. The molecule has 2 aromatic carbocycles. The lowest BCUT2D eigenvalue weighted by molar-refractivity contribution is 0.102. The lowest BCUT2D eigenvalue weighted by Crippen LogP contribution is -2.12.